The van der Waals surface area contributed by atoms with E-state index in [9.17, 15) is 9.90 Å². The number of carbonyl (C=O) groups is 1. The quantitative estimate of drug-likeness (QED) is 0.772. The molecule has 0 bridgehead atoms. The topological polar surface area (TPSA) is 37.3 Å². The predicted octanol–water partition coefficient (Wildman–Crippen LogP) is 2.65. The lowest BCUT2D eigenvalue weighted by atomic mass is 9.91. The van der Waals surface area contributed by atoms with Crippen molar-refractivity contribution in [3.63, 3.8) is 0 Å². The van der Waals surface area contributed by atoms with E-state index in [0.29, 0.717) is 12.0 Å². The third-order valence-electron chi connectivity index (χ3n) is 2.95. The second kappa shape index (κ2) is 4.15. The van der Waals surface area contributed by atoms with Crippen LogP contribution in [0, 0.1) is 13.8 Å². The predicted molar refractivity (Wildman–Crippen MR) is 61.2 cm³/mol. The molecule has 1 aromatic carbocycles. The molecule has 2 heteroatoms. The number of Topliss-reactive ketones (excluding diaryl/α,β-unsaturated/α-hetero) is 1. The third-order valence-corrected chi connectivity index (χ3v) is 2.95. The summed E-state index contributed by atoms with van der Waals surface area (Å²) in [5, 5.41) is 9.86. The molecular formula is C13H18O2. The number of carbonyl (C=O) groups excluding carboxylic acids is 1. The average molecular weight is 206 g/mol. The van der Waals surface area contributed by atoms with Gasteiger partial charge in [0, 0.05) is 5.56 Å². The molecule has 0 spiro atoms. The fraction of sp³-hybridized carbons (Fsp3) is 0.462. The number of aryl methyl sites for hydroxylation is 2. The molecule has 1 N–H and O–H groups in total. The SMILES string of the molecule is CCC(C)(O)C(=O)c1ccc(C)c(C)c1. The van der Waals surface area contributed by atoms with Crippen LogP contribution in [0.4, 0.5) is 0 Å². The highest BCUT2D eigenvalue weighted by Gasteiger charge is 2.28. The van der Waals surface area contributed by atoms with Crippen molar-refractivity contribution in [3.05, 3.63) is 34.9 Å². The van der Waals surface area contributed by atoms with Crippen LogP contribution < -0.4 is 0 Å². The maximum atomic E-state index is 11.9. The summed E-state index contributed by atoms with van der Waals surface area (Å²) < 4.78 is 0. The van der Waals surface area contributed by atoms with Gasteiger partial charge in [0.2, 0.25) is 0 Å². The molecule has 1 atom stereocenters. The van der Waals surface area contributed by atoms with E-state index in [4.69, 9.17) is 0 Å². The molecule has 15 heavy (non-hydrogen) atoms. The molecule has 0 aliphatic carbocycles. The zero-order chi connectivity index (χ0) is 11.6. The molecule has 0 heterocycles. The van der Waals surface area contributed by atoms with Gasteiger partial charge < -0.3 is 5.11 Å². The van der Waals surface area contributed by atoms with Gasteiger partial charge in [0.1, 0.15) is 5.60 Å². The average Bonchev–Trinajstić information content (AvgIpc) is 2.21. The fourth-order valence-corrected chi connectivity index (χ4v) is 1.35. The van der Waals surface area contributed by atoms with Crippen LogP contribution >= 0.6 is 0 Å². The van der Waals surface area contributed by atoms with Gasteiger partial charge in [0.15, 0.2) is 5.78 Å². The van der Waals surface area contributed by atoms with Crippen LogP contribution in [0.1, 0.15) is 41.8 Å². The Bertz CT molecular complexity index is 378. The van der Waals surface area contributed by atoms with Crippen molar-refractivity contribution in [1.29, 1.82) is 0 Å². The Balaban J connectivity index is 3.08. The molecule has 0 aliphatic heterocycles. The second-order valence-corrected chi connectivity index (χ2v) is 4.26. The molecule has 0 radical (unpaired) electrons. The highest BCUT2D eigenvalue weighted by atomic mass is 16.3. The largest absolute Gasteiger partial charge is 0.382 e. The number of aliphatic hydroxyl groups is 1. The Morgan fingerprint density at radius 2 is 1.93 bits per heavy atom. The summed E-state index contributed by atoms with van der Waals surface area (Å²) in [6.07, 6.45) is 0.429. The van der Waals surface area contributed by atoms with E-state index in [0.717, 1.165) is 11.1 Å². The lowest BCUT2D eigenvalue weighted by Gasteiger charge is -2.19. The summed E-state index contributed by atoms with van der Waals surface area (Å²) >= 11 is 0. The third kappa shape index (κ3) is 2.45. The monoisotopic (exact) mass is 206 g/mol. The number of benzene rings is 1. The van der Waals surface area contributed by atoms with Gasteiger partial charge in [-0.05, 0) is 44.4 Å². The number of rotatable bonds is 3. The molecule has 1 aromatic rings. The zero-order valence-electron chi connectivity index (χ0n) is 9.79. The zero-order valence-corrected chi connectivity index (χ0v) is 9.79. The van der Waals surface area contributed by atoms with Crippen LogP contribution in [0.25, 0.3) is 0 Å². The normalized spacial score (nSPS) is 14.7. The standard InChI is InChI=1S/C13H18O2/c1-5-13(4,15)12(14)11-7-6-9(2)10(3)8-11/h6-8,15H,5H2,1-4H3. The number of hydrogen-bond acceptors (Lipinski definition) is 2. The fourth-order valence-electron chi connectivity index (χ4n) is 1.35. The number of hydrogen-bond donors (Lipinski definition) is 1. The number of ketones is 1. The highest BCUT2D eigenvalue weighted by Crippen LogP contribution is 2.18. The first-order valence-corrected chi connectivity index (χ1v) is 5.23. The van der Waals surface area contributed by atoms with Crippen LogP contribution in [0.3, 0.4) is 0 Å². The van der Waals surface area contributed by atoms with Crippen molar-refractivity contribution in [2.45, 2.75) is 39.7 Å². The minimum absolute atomic E-state index is 0.201. The van der Waals surface area contributed by atoms with Crippen LogP contribution in [0.15, 0.2) is 18.2 Å². The van der Waals surface area contributed by atoms with E-state index in [1.165, 1.54) is 0 Å². The summed E-state index contributed by atoms with van der Waals surface area (Å²) in [7, 11) is 0. The molecule has 0 amide bonds. The molecule has 0 saturated carbocycles. The van der Waals surface area contributed by atoms with Gasteiger partial charge in [-0.2, -0.15) is 0 Å². The maximum Gasteiger partial charge on any atom is 0.194 e. The molecule has 0 fully saturated rings. The van der Waals surface area contributed by atoms with Gasteiger partial charge in [-0.15, -0.1) is 0 Å². The van der Waals surface area contributed by atoms with Gasteiger partial charge in [-0.1, -0.05) is 19.1 Å². The molecule has 82 valence electrons. The van der Waals surface area contributed by atoms with Crippen molar-refractivity contribution >= 4 is 5.78 Å². The molecule has 1 unspecified atom stereocenters. The minimum Gasteiger partial charge on any atom is -0.382 e. The summed E-state index contributed by atoms with van der Waals surface area (Å²) in [6.45, 7) is 7.33. The highest BCUT2D eigenvalue weighted by molar-refractivity contribution is 6.02. The maximum absolute atomic E-state index is 11.9. The van der Waals surface area contributed by atoms with E-state index < -0.39 is 5.60 Å². The molecule has 0 aromatic heterocycles. The minimum atomic E-state index is -1.25. The molecular weight excluding hydrogens is 188 g/mol. The van der Waals surface area contributed by atoms with Gasteiger partial charge in [-0.25, -0.2) is 0 Å². The van der Waals surface area contributed by atoms with E-state index >= 15 is 0 Å². The summed E-state index contributed by atoms with van der Waals surface area (Å²) in [5.74, 6) is -0.201. The lowest BCUT2D eigenvalue weighted by molar-refractivity contribution is 0.0390. The first-order chi connectivity index (χ1) is 6.88. The Kier molecular flexibility index (Phi) is 3.30. The van der Waals surface area contributed by atoms with Gasteiger partial charge in [-0.3, -0.25) is 4.79 Å². The van der Waals surface area contributed by atoms with Crippen LogP contribution in [-0.4, -0.2) is 16.5 Å². The van der Waals surface area contributed by atoms with E-state index in [1.54, 1.807) is 19.9 Å². The summed E-state index contributed by atoms with van der Waals surface area (Å²) in [6, 6.07) is 5.52. The first kappa shape index (κ1) is 11.9. The smallest absolute Gasteiger partial charge is 0.194 e. The molecule has 1 rings (SSSR count). The van der Waals surface area contributed by atoms with Crippen LogP contribution in [0.5, 0.6) is 0 Å². The van der Waals surface area contributed by atoms with Gasteiger partial charge in [0.05, 0.1) is 0 Å². The summed E-state index contributed by atoms with van der Waals surface area (Å²) in [5.41, 5.74) is 1.57. The van der Waals surface area contributed by atoms with Crippen molar-refractivity contribution < 1.29 is 9.90 Å². The van der Waals surface area contributed by atoms with Gasteiger partial charge in [0.25, 0.3) is 0 Å². The van der Waals surface area contributed by atoms with E-state index in [1.807, 2.05) is 26.0 Å². The second-order valence-electron chi connectivity index (χ2n) is 4.26. The van der Waals surface area contributed by atoms with Crippen molar-refractivity contribution in [3.8, 4) is 0 Å². The van der Waals surface area contributed by atoms with Crippen molar-refractivity contribution in [1.82, 2.24) is 0 Å². The van der Waals surface area contributed by atoms with Crippen LogP contribution in [-0.2, 0) is 0 Å². The van der Waals surface area contributed by atoms with Crippen molar-refractivity contribution in [2.75, 3.05) is 0 Å². The summed E-state index contributed by atoms with van der Waals surface area (Å²) in [4.78, 5) is 11.9. The Morgan fingerprint density at radius 3 is 2.40 bits per heavy atom. The van der Waals surface area contributed by atoms with Gasteiger partial charge >= 0.3 is 0 Å². The Labute approximate surface area is 90.9 Å². The first-order valence-electron chi connectivity index (χ1n) is 5.23. The van der Waals surface area contributed by atoms with Crippen molar-refractivity contribution in [2.24, 2.45) is 0 Å². The Hall–Kier alpha value is -1.15. The van der Waals surface area contributed by atoms with Crippen LogP contribution in [0.2, 0.25) is 0 Å². The van der Waals surface area contributed by atoms with E-state index in [2.05, 4.69) is 0 Å². The lowest BCUT2D eigenvalue weighted by Crippen LogP contribution is -2.34. The molecule has 0 saturated heterocycles. The molecule has 0 aliphatic rings. The molecule has 2 nitrogen and oxygen atoms in total. The Morgan fingerprint density at radius 1 is 1.33 bits per heavy atom. The van der Waals surface area contributed by atoms with E-state index in [-0.39, 0.29) is 5.78 Å².